The first-order valence-corrected chi connectivity index (χ1v) is 10.5. The van der Waals surface area contributed by atoms with Crippen molar-refractivity contribution in [2.24, 2.45) is 5.92 Å². The van der Waals surface area contributed by atoms with Crippen LogP contribution in [-0.2, 0) is 14.8 Å². The monoisotopic (exact) mass is 397 g/mol. The van der Waals surface area contributed by atoms with E-state index in [0.717, 1.165) is 17.0 Å². The third kappa shape index (κ3) is 5.75. The molecule has 0 unspecified atom stereocenters. The molecule has 8 nitrogen and oxygen atoms in total. The summed E-state index contributed by atoms with van der Waals surface area (Å²) in [6, 6.07) is 9.86. The van der Waals surface area contributed by atoms with E-state index in [-0.39, 0.29) is 27.8 Å². The van der Waals surface area contributed by atoms with Crippen LogP contribution in [0.5, 0.6) is 0 Å². The van der Waals surface area contributed by atoms with Gasteiger partial charge in [0, 0.05) is 31.7 Å². The van der Waals surface area contributed by atoms with Crippen LogP contribution in [0, 0.1) is 5.92 Å². The van der Waals surface area contributed by atoms with E-state index in [1.54, 1.807) is 13.8 Å². The number of aromatic nitrogens is 2. The van der Waals surface area contributed by atoms with E-state index < -0.39 is 10.0 Å². The second-order valence-electron chi connectivity index (χ2n) is 6.03. The highest BCUT2D eigenvalue weighted by Gasteiger charge is 2.21. The molecule has 0 saturated carbocycles. The number of sulfonamides is 1. The number of nitrogens with zero attached hydrogens (tertiary/aromatic N) is 3. The fourth-order valence-electron chi connectivity index (χ4n) is 2.01. The molecule has 0 atom stereocenters. The van der Waals surface area contributed by atoms with Crippen LogP contribution < -0.4 is 14.9 Å². The molecule has 0 bridgehead atoms. The summed E-state index contributed by atoms with van der Waals surface area (Å²) in [7, 11) is -1.78. The van der Waals surface area contributed by atoms with Gasteiger partial charge in [-0.15, -0.1) is 10.2 Å². The van der Waals surface area contributed by atoms with Crippen molar-refractivity contribution in [3.8, 4) is 0 Å². The number of nitrogens with one attached hydrogen (secondary N) is 2. The Hall–Kier alpha value is -2.04. The summed E-state index contributed by atoms with van der Waals surface area (Å²) in [5.41, 5.74) is 1.07. The van der Waals surface area contributed by atoms with Crippen molar-refractivity contribution in [2.75, 3.05) is 30.4 Å². The Kier molecular flexibility index (Phi) is 7.06. The van der Waals surface area contributed by atoms with Gasteiger partial charge in [-0.05, 0) is 18.6 Å². The Morgan fingerprint density at radius 3 is 2.58 bits per heavy atom. The van der Waals surface area contributed by atoms with E-state index in [0.29, 0.717) is 13.0 Å². The lowest BCUT2D eigenvalue weighted by Gasteiger charge is -2.18. The van der Waals surface area contributed by atoms with Crippen molar-refractivity contribution in [1.29, 1.82) is 0 Å². The smallest absolute Gasteiger partial charge is 0.269 e. The Morgan fingerprint density at radius 2 is 1.92 bits per heavy atom. The lowest BCUT2D eigenvalue weighted by atomic mass is 10.2. The van der Waals surface area contributed by atoms with E-state index in [2.05, 4.69) is 25.1 Å². The highest BCUT2D eigenvalue weighted by Crippen LogP contribution is 2.20. The molecule has 2 N–H and O–H groups in total. The molecule has 0 spiro atoms. The molecular formula is C16H23N5O3S2. The third-order valence-corrected chi connectivity index (χ3v) is 6.22. The minimum absolute atomic E-state index is 0.159. The maximum atomic E-state index is 12.3. The number of para-hydroxylation sites is 1. The molecule has 0 aliphatic heterocycles. The van der Waals surface area contributed by atoms with Crippen molar-refractivity contribution in [1.82, 2.24) is 14.9 Å². The number of carbonyl (C=O) groups excluding carboxylic acids is 1. The van der Waals surface area contributed by atoms with Crippen molar-refractivity contribution in [3.05, 3.63) is 30.3 Å². The van der Waals surface area contributed by atoms with Crippen LogP contribution in [0.15, 0.2) is 34.7 Å². The van der Waals surface area contributed by atoms with Gasteiger partial charge >= 0.3 is 0 Å². The summed E-state index contributed by atoms with van der Waals surface area (Å²) in [6.45, 7) is 4.47. The van der Waals surface area contributed by atoms with Gasteiger partial charge in [-0.3, -0.25) is 4.79 Å². The van der Waals surface area contributed by atoms with Crippen LogP contribution in [0.1, 0.15) is 20.3 Å². The van der Waals surface area contributed by atoms with E-state index in [1.807, 2.05) is 37.4 Å². The number of rotatable bonds is 9. The van der Waals surface area contributed by atoms with E-state index in [4.69, 9.17) is 0 Å². The zero-order chi connectivity index (χ0) is 19.2. The van der Waals surface area contributed by atoms with Crippen molar-refractivity contribution >= 4 is 38.1 Å². The van der Waals surface area contributed by atoms with Gasteiger partial charge in [-0.25, -0.2) is 13.1 Å². The van der Waals surface area contributed by atoms with Gasteiger partial charge in [0.1, 0.15) is 0 Å². The predicted molar refractivity (Wildman–Crippen MR) is 103 cm³/mol. The zero-order valence-electron chi connectivity index (χ0n) is 15.0. The molecule has 142 valence electrons. The van der Waals surface area contributed by atoms with E-state index >= 15 is 0 Å². The standard InChI is InChI=1S/C16H23N5O3S2/c1-12(2)14(22)18-15-19-20-16(25-15)26(23,24)17-10-7-11-21(3)13-8-5-4-6-9-13/h4-6,8-9,12,17H,7,10-11H2,1-3H3,(H,18,19,22). The highest BCUT2D eigenvalue weighted by atomic mass is 32.2. The SMILES string of the molecule is CC(C)C(=O)Nc1nnc(S(=O)(=O)NCCCN(C)c2ccccc2)s1. The molecule has 26 heavy (non-hydrogen) atoms. The van der Waals surface area contributed by atoms with Crippen LogP contribution in [0.3, 0.4) is 0 Å². The maximum absolute atomic E-state index is 12.3. The topological polar surface area (TPSA) is 104 Å². The molecule has 10 heteroatoms. The first-order chi connectivity index (χ1) is 12.3. The number of anilines is 2. The molecule has 2 rings (SSSR count). The average Bonchev–Trinajstić information content (AvgIpc) is 3.08. The van der Waals surface area contributed by atoms with Gasteiger partial charge in [0.25, 0.3) is 10.0 Å². The van der Waals surface area contributed by atoms with Gasteiger partial charge in [0.15, 0.2) is 0 Å². The van der Waals surface area contributed by atoms with Crippen LogP contribution in [0.2, 0.25) is 0 Å². The van der Waals surface area contributed by atoms with Gasteiger partial charge in [-0.2, -0.15) is 0 Å². The number of carbonyl (C=O) groups is 1. The summed E-state index contributed by atoms with van der Waals surface area (Å²) >= 11 is 0.832. The molecule has 2 aromatic rings. The Bertz CT molecular complexity index is 821. The number of hydrogen-bond donors (Lipinski definition) is 2. The summed E-state index contributed by atoms with van der Waals surface area (Å²) in [5.74, 6) is -0.458. The minimum atomic E-state index is -3.73. The van der Waals surface area contributed by atoms with Gasteiger partial charge in [0.2, 0.25) is 15.4 Å². The number of amides is 1. The molecule has 1 aromatic heterocycles. The highest BCUT2D eigenvalue weighted by molar-refractivity contribution is 7.91. The minimum Gasteiger partial charge on any atom is -0.375 e. The molecule has 1 aromatic carbocycles. The first kappa shape index (κ1) is 20.3. The first-order valence-electron chi connectivity index (χ1n) is 8.20. The van der Waals surface area contributed by atoms with E-state index in [1.165, 1.54) is 0 Å². The van der Waals surface area contributed by atoms with Crippen LogP contribution in [0.25, 0.3) is 0 Å². The Balaban J connectivity index is 1.83. The predicted octanol–water partition coefficient (Wildman–Crippen LogP) is 1.94. The van der Waals surface area contributed by atoms with Gasteiger partial charge in [-0.1, -0.05) is 43.4 Å². The number of benzene rings is 1. The molecule has 0 saturated heterocycles. The second kappa shape index (κ2) is 9.06. The summed E-state index contributed by atoms with van der Waals surface area (Å²) in [4.78, 5) is 13.7. The molecule has 0 aliphatic carbocycles. The zero-order valence-corrected chi connectivity index (χ0v) is 16.6. The Labute approximate surface area is 157 Å². The van der Waals surface area contributed by atoms with Crippen molar-refractivity contribution in [2.45, 2.75) is 24.6 Å². The van der Waals surface area contributed by atoms with Crippen LogP contribution in [-0.4, -0.2) is 44.7 Å². The van der Waals surface area contributed by atoms with Crippen molar-refractivity contribution in [3.63, 3.8) is 0 Å². The molecular weight excluding hydrogens is 374 g/mol. The normalized spacial score (nSPS) is 11.5. The molecule has 0 fully saturated rings. The molecule has 0 aliphatic rings. The second-order valence-corrected chi connectivity index (χ2v) is 8.94. The third-order valence-electron chi connectivity index (χ3n) is 3.55. The maximum Gasteiger partial charge on any atom is 0.269 e. The van der Waals surface area contributed by atoms with Gasteiger partial charge < -0.3 is 10.2 Å². The average molecular weight is 398 g/mol. The summed E-state index contributed by atoms with van der Waals surface area (Å²) < 4.78 is 26.9. The van der Waals surface area contributed by atoms with E-state index in [9.17, 15) is 13.2 Å². The largest absolute Gasteiger partial charge is 0.375 e. The lowest BCUT2D eigenvalue weighted by molar-refractivity contribution is -0.118. The fraction of sp³-hybridized carbons (Fsp3) is 0.438. The summed E-state index contributed by atoms with van der Waals surface area (Å²) in [6.07, 6.45) is 0.639. The fourth-order valence-corrected chi connectivity index (χ4v) is 4.03. The summed E-state index contributed by atoms with van der Waals surface area (Å²) in [5, 5.41) is 10.1. The lowest BCUT2D eigenvalue weighted by Crippen LogP contribution is -2.28. The molecule has 1 amide bonds. The number of hydrogen-bond acceptors (Lipinski definition) is 7. The molecule has 0 radical (unpaired) electrons. The molecule has 1 heterocycles. The van der Waals surface area contributed by atoms with Crippen LogP contribution >= 0.6 is 11.3 Å². The van der Waals surface area contributed by atoms with Crippen LogP contribution in [0.4, 0.5) is 10.8 Å². The van der Waals surface area contributed by atoms with Crippen molar-refractivity contribution < 1.29 is 13.2 Å². The quantitative estimate of drug-likeness (QED) is 0.495. The van der Waals surface area contributed by atoms with Gasteiger partial charge in [0.05, 0.1) is 0 Å². The Morgan fingerprint density at radius 1 is 1.23 bits per heavy atom.